The van der Waals surface area contributed by atoms with Gasteiger partial charge in [0.05, 0.1) is 124 Å². The minimum atomic E-state index is 0.425. The molecule has 0 aliphatic carbocycles. The normalized spacial score (nSPS) is 12.4. The third kappa shape index (κ3) is 7.82. The van der Waals surface area contributed by atoms with E-state index in [2.05, 4.69) is 0 Å². The zero-order valence-corrected chi connectivity index (χ0v) is 36.6. The van der Waals surface area contributed by atoms with Gasteiger partial charge in [0, 0.05) is 0 Å². The highest BCUT2D eigenvalue weighted by molar-refractivity contribution is 8.77. The van der Waals surface area contributed by atoms with Gasteiger partial charge in [-0.25, -0.2) is 0 Å². The quantitative estimate of drug-likeness (QED) is 0.126. The summed E-state index contributed by atoms with van der Waals surface area (Å²) in [5, 5.41) is 0. The molecule has 0 unspecified atom stereocenters. The predicted molar refractivity (Wildman–Crippen MR) is 216 cm³/mol. The van der Waals surface area contributed by atoms with E-state index in [9.17, 15) is 0 Å². The standard InChI is InChI=1S/C36H40O12S6/c1-37-25-17-13-21(29(41-5)33(25)45-9)51-52-23-15-19(27(39-3)35(47-11)31(23)43-7)50-20-16-24(32(44-8)36(48-12)28(20)40-4)54-53-22-14-18(49-17)26(38-2)34(46-10)30(22)42-6/h13-16H,1-12H3. The van der Waals surface area contributed by atoms with Crippen LogP contribution in [-0.2, 0) is 0 Å². The number of benzene rings is 4. The Bertz CT molecular complexity index is 1710. The summed E-state index contributed by atoms with van der Waals surface area (Å²) < 4.78 is 71.2. The molecule has 0 fully saturated rings. The highest BCUT2D eigenvalue weighted by Gasteiger charge is 2.30. The van der Waals surface area contributed by atoms with Crippen LogP contribution in [-0.4, -0.2) is 85.3 Å². The van der Waals surface area contributed by atoms with Crippen LogP contribution in [0.4, 0.5) is 0 Å². The average Bonchev–Trinajstić information content (AvgIpc) is 3.19. The molecule has 0 amide bonds. The monoisotopic (exact) mass is 856 g/mol. The summed E-state index contributed by atoms with van der Waals surface area (Å²) >= 11 is 2.83. The van der Waals surface area contributed by atoms with Crippen molar-refractivity contribution in [1.29, 1.82) is 0 Å². The lowest BCUT2D eigenvalue weighted by Gasteiger charge is -2.23. The van der Waals surface area contributed by atoms with Gasteiger partial charge in [0.25, 0.3) is 0 Å². The van der Waals surface area contributed by atoms with E-state index in [1.54, 1.807) is 85.3 Å². The van der Waals surface area contributed by atoms with Crippen molar-refractivity contribution >= 4 is 66.7 Å². The molecule has 8 bridgehead atoms. The summed E-state index contributed by atoms with van der Waals surface area (Å²) in [4.78, 5) is 5.95. The van der Waals surface area contributed by atoms with Crippen LogP contribution in [0.25, 0.3) is 0 Å². The highest BCUT2D eigenvalue weighted by Crippen LogP contribution is 2.62. The zero-order chi connectivity index (χ0) is 39.1. The third-order valence-corrected chi connectivity index (χ3v) is 14.7. The molecule has 0 saturated carbocycles. The van der Waals surface area contributed by atoms with Gasteiger partial charge < -0.3 is 56.8 Å². The minimum Gasteiger partial charge on any atom is -0.492 e. The lowest BCUT2D eigenvalue weighted by Crippen LogP contribution is -2.01. The number of methoxy groups -OCH3 is 12. The van der Waals surface area contributed by atoms with E-state index in [1.165, 1.54) is 66.7 Å². The molecular formula is C36H40O12S6. The first-order valence-corrected chi connectivity index (χ1v) is 21.6. The van der Waals surface area contributed by atoms with E-state index in [4.69, 9.17) is 56.8 Å². The van der Waals surface area contributed by atoms with Crippen LogP contribution in [0, 0.1) is 0 Å². The molecule has 18 heteroatoms. The number of rotatable bonds is 12. The van der Waals surface area contributed by atoms with Crippen molar-refractivity contribution in [3.8, 4) is 69.0 Å². The Hall–Kier alpha value is -3.42. The van der Waals surface area contributed by atoms with Gasteiger partial charge in [0.2, 0.25) is 23.0 Å². The van der Waals surface area contributed by atoms with Crippen molar-refractivity contribution in [2.75, 3.05) is 85.3 Å². The number of fused-ring (bicyclic) bond motifs is 8. The predicted octanol–water partition coefficient (Wildman–Crippen LogP) is 10.0. The number of hydrogen-bond acceptors (Lipinski definition) is 18. The molecule has 0 N–H and O–H groups in total. The zero-order valence-electron chi connectivity index (χ0n) is 31.7. The van der Waals surface area contributed by atoms with Crippen LogP contribution in [0.15, 0.2) is 63.4 Å². The summed E-state index contributed by atoms with van der Waals surface area (Å²) in [7, 11) is 24.8. The SMILES string of the molecule is COc1c2cc(c(OC)c1OC)Sc1cc(c(OC)c(OC)c1OC)SSc1cc(c(OC)c(OC)c1OC)Sc1cc(c(OC)c(OC)c1OC)SS2. The van der Waals surface area contributed by atoms with Gasteiger partial charge in [-0.3, -0.25) is 0 Å². The molecule has 4 aromatic carbocycles. The fraction of sp³-hybridized carbons (Fsp3) is 0.333. The summed E-state index contributed by atoms with van der Waals surface area (Å²) in [5.74, 6) is 5.60. The Balaban J connectivity index is 1.88. The van der Waals surface area contributed by atoms with Crippen molar-refractivity contribution in [2.45, 2.75) is 39.2 Å². The van der Waals surface area contributed by atoms with Gasteiger partial charge in [-0.05, 0) is 67.4 Å². The van der Waals surface area contributed by atoms with Gasteiger partial charge in [0.1, 0.15) is 0 Å². The van der Waals surface area contributed by atoms with Crippen molar-refractivity contribution in [2.24, 2.45) is 0 Å². The molecule has 0 radical (unpaired) electrons. The van der Waals surface area contributed by atoms with E-state index in [-0.39, 0.29) is 0 Å². The van der Waals surface area contributed by atoms with Crippen LogP contribution < -0.4 is 56.8 Å². The molecule has 5 rings (SSSR count). The first kappa shape index (κ1) is 41.7. The van der Waals surface area contributed by atoms with Crippen LogP contribution in [0.2, 0.25) is 0 Å². The molecule has 1 aliphatic heterocycles. The molecule has 1 heterocycles. The van der Waals surface area contributed by atoms with Crippen LogP contribution >= 0.6 is 66.7 Å². The lowest BCUT2D eigenvalue weighted by atomic mass is 10.3. The van der Waals surface area contributed by atoms with Crippen LogP contribution in [0.1, 0.15) is 0 Å². The fourth-order valence-corrected chi connectivity index (χ4v) is 12.7. The topological polar surface area (TPSA) is 111 Å². The second-order valence-electron chi connectivity index (χ2n) is 10.4. The molecule has 1 aliphatic rings. The maximum Gasteiger partial charge on any atom is 0.205 e. The second kappa shape index (κ2) is 18.9. The molecule has 0 saturated heterocycles. The first-order chi connectivity index (χ1) is 26.2. The van der Waals surface area contributed by atoms with E-state index in [1.807, 2.05) is 24.3 Å². The van der Waals surface area contributed by atoms with Crippen molar-refractivity contribution in [3.05, 3.63) is 24.3 Å². The molecule has 54 heavy (non-hydrogen) atoms. The van der Waals surface area contributed by atoms with E-state index >= 15 is 0 Å². The number of ether oxygens (including phenoxy) is 12. The third-order valence-electron chi connectivity index (χ3n) is 7.82. The maximum atomic E-state index is 5.95. The van der Waals surface area contributed by atoms with Gasteiger partial charge in [-0.15, -0.1) is 0 Å². The maximum absolute atomic E-state index is 5.95. The summed E-state index contributed by atoms with van der Waals surface area (Å²) in [6, 6.07) is 7.94. The van der Waals surface area contributed by atoms with Gasteiger partial charge in [-0.1, -0.05) is 23.5 Å². The molecule has 292 valence electrons. The average molecular weight is 857 g/mol. The van der Waals surface area contributed by atoms with E-state index in [0.717, 1.165) is 39.2 Å². The first-order valence-electron chi connectivity index (χ1n) is 15.6. The van der Waals surface area contributed by atoms with E-state index in [0.29, 0.717) is 69.0 Å². The molecule has 4 aromatic rings. The van der Waals surface area contributed by atoms with Gasteiger partial charge in [0.15, 0.2) is 46.0 Å². The molecular weight excluding hydrogens is 817 g/mol. The number of hydrogen-bond donors (Lipinski definition) is 0. The van der Waals surface area contributed by atoms with Crippen molar-refractivity contribution < 1.29 is 56.8 Å². The lowest BCUT2D eigenvalue weighted by molar-refractivity contribution is 0.313. The Morgan fingerprint density at radius 3 is 0.519 bits per heavy atom. The fourth-order valence-electron chi connectivity index (χ4n) is 5.56. The Labute approximate surface area is 339 Å². The van der Waals surface area contributed by atoms with Crippen LogP contribution in [0.5, 0.6) is 69.0 Å². The molecule has 0 atom stereocenters. The summed E-state index contributed by atoms with van der Waals surface area (Å²) in [6.45, 7) is 0. The smallest absolute Gasteiger partial charge is 0.205 e. The Morgan fingerprint density at radius 2 is 0.370 bits per heavy atom. The molecule has 0 aromatic heterocycles. The van der Waals surface area contributed by atoms with Crippen LogP contribution in [0.3, 0.4) is 0 Å². The van der Waals surface area contributed by atoms with Crippen molar-refractivity contribution in [3.63, 3.8) is 0 Å². The molecule has 0 spiro atoms. The van der Waals surface area contributed by atoms with Gasteiger partial charge >= 0.3 is 0 Å². The van der Waals surface area contributed by atoms with Crippen molar-refractivity contribution in [1.82, 2.24) is 0 Å². The second-order valence-corrected chi connectivity index (χ2v) is 17.0. The minimum absolute atomic E-state index is 0.425. The molecule has 12 nitrogen and oxygen atoms in total. The highest BCUT2D eigenvalue weighted by atomic mass is 33.1. The Morgan fingerprint density at radius 1 is 0.222 bits per heavy atom. The van der Waals surface area contributed by atoms with E-state index < -0.39 is 0 Å². The van der Waals surface area contributed by atoms with Gasteiger partial charge in [-0.2, -0.15) is 0 Å². The summed E-state index contributed by atoms with van der Waals surface area (Å²) in [6.07, 6.45) is 0. The Kier molecular flexibility index (Phi) is 14.6. The summed E-state index contributed by atoms with van der Waals surface area (Å²) in [5.41, 5.74) is 0. The largest absolute Gasteiger partial charge is 0.492 e.